The third-order valence-corrected chi connectivity index (χ3v) is 1.99. The molecule has 0 saturated heterocycles. The molecule has 1 aromatic heterocycles. The Morgan fingerprint density at radius 3 is 2.12 bits per heavy atom. The van der Waals surface area contributed by atoms with E-state index in [1.165, 1.54) is 0 Å². The number of anilines is 1. The van der Waals surface area contributed by atoms with Crippen molar-refractivity contribution in [2.75, 3.05) is 5.32 Å². The number of halogens is 6. The van der Waals surface area contributed by atoms with Gasteiger partial charge >= 0.3 is 12.8 Å². The zero-order valence-electron chi connectivity index (χ0n) is 11.5. The first-order valence-corrected chi connectivity index (χ1v) is 5.62. The Morgan fingerprint density at radius 1 is 1.33 bits per heavy atom. The minimum Gasteiger partial charge on any atom is -0.503 e. The van der Waals surface area contributed by atoms with Crippen LogP contribution in [0.1, 0.15) is 5.56 Å². The molecule has 2 N–H and O–H groups in total. The van der Waals surface area contributed by atoms with Crippen LogP contribution in [0.3, 0.4) is 0 Å². The molecule has 1 aromatic rings. The molecular formula is C11H8ClF5N2O4Y-2. The van der Waals surface area contributed by atoms with Gasteiger partial charge in [-0.2, -0.15) is 26.9 Å². The maximum Gasteiger partial charge on any atom is 0.421 e. The SMILES string of the molecule is [CH2-]C(=O)Nc1nc(OC(F)F)c(C(F)(F)F)cc1Cl.[CH2-]C(=O)O.[Y]. The number of aromatic nitrogens is 1. The van der Waals surface area contributed by atoms with Crippen LogP contribution in [0.15, 0.2) is 6.07 Å². The summed E-state index contributed by atoms with van der Waals surface area (Å²) in [4.78, 5) is 22.6. The smallest absolute Gasteiger partial charge is 0.421 e. The first-order valence-electron chi connectivity index (χ1n) is 5.25. The van der Waals surface area contributed by atoms with Gasteiger partial charge in [0.1, 0.15) is 5.56 Å². The molecule has 1 amide bonds. The van der Waals surface area contributed by atoms with E-state index in [0.29, 0.717) is 6.07 Å². The molecule has 0 aliphatic rings. The van der Waals surface area contributed by atoms with E-state index in [2.05, 4.69) is 23.6 Å². The average molecular weight is 452 g/mol. The number of carboxylic acid groups (broad SMARTS) is 1. The number of nitrogens with one attached hydrogen (secondary N) is 1. The Morgan fingerprint density at radius 2 is 1.79 bits per heavy atom. The fourth-order valence-electron chi connectivity index (χ4n) is 1.07. The van der Waals surface area contributed by atoms with Crippen LogP contribution in [0.25, 0.3) is 0 Å². The third-order valence-electron chi connectivity index (χ3n) is 1.70. The largest absolute Gasteiger partial charge is 0.503 e. The molecule has 0 spiro atoms. The van der Waals surface area contributed by atoms with Gasteiger partial charge in [0.25, 0.3) is 0 Å². The molecule has 0 bridgehead atoms. The van der Waals surface area contributed by atoms with Gasteiger partial charge in [-0.15, -0.1) is 0 Å². The molecule has 133 valence electrons. The van der Waals surface area contributed by atoms with Crippen molar-refractivity contribution in [1.82, 2.24) is 4.98 Å². The van der Waals surface area contributed by atoms with Crippen LogP contribution in [0, 0.1) is 13.8 Å². The van der Waals surface area contributed by atoms with Gasteiger partial charge in [0, 0.05) is 32.7 Å². The third kappa shape index (κ3) is 9.73. The Bertz CT molecular complexity index is 582. The molecule has 1 radical (unpaired) electrons. The van der Waals surface area contributed by atoms with Gasteiger partial charge < -0.3 is 26.9 Å². The summed E-state index contributed by atoms with van der Waals surface area (Å²) < 4.78 is 65.3. The summed E-state index contributed by atoms with van der Waals surface area (Å²) in [5, 5.41) is 8.59. The van der Waals surface area contributed by atoms with E-state index in [-0.39, 0.29) is 32.7 Å². The van der Waals surface area contributed by atoms with E-state index in [0.717, 1.165) is 0 Å². The van der Waals surface area contributed by atoms with Crippen LogP contribution in [0.4, 0.5) is 27.8 Å². The normalized spacial score (nSPS) is 10.1. The van der Waals surface area contributed by atoms with Crippen molar-refractivity contribution < 1.29 is 74.1 Å². The minimum absolute atomic E-state index is 0. The number of carbonyl (C=O) groups excluding carboxylic acids is 1. The quantitative estimate of drug-likeness (QED) is 0.545. The standard InChI is InChI=1S/C9H5ClF5N2O2.C2H3O2.Y/c1-3(18)16-6-5(10)2-4(9(13,14)15)7(17-6)19-8(11)12;1-2(3)4;/h2,8H,1H2,(H,16,17,18);1H2,(H,3,4);/q2*-1;. The number of rotatable bonds is 3. The Labute approximate surface area is 162 Å². The van der Waals surface area contributed by atoms with Gasteiger partial charge in [0.05, 0.1) is 10.9 Å². The van der Waals surface area contributed by atoms with Crippen molar-refractivity contribution >= 4 is 29.3 Å². The number of amides is 1. The molecule has 0 aliphatic carbocycles. The Kier molecular flexibility index (Phi) is 10.9. The first kappa shape index (κ1) is 24.9. The molecule has 1 heterocycles. The van der Waals surface area contributed by atoms with Crippen molar-refractivity contribution in [3.8, 4) is 5.88 Å². The summed E-state index contributed by atoms with van der Waals surface area (Å²) >= 11 is 5.44. The average Bonchev–Trinajstić information content (AvgIpc) is 2.29. The van der Waals surface area contributed by atoms with Gasteiger partial charge in [-0.3, -0.25) is 11.7 Å². The van der Waals surface area contributed by atoms with Gasteiger partial charge in [0.15, 0.2) is 11.8 Å². The van der Waals surface area contributed by atoms with Crippen molar-refractivity contribution in [2.24, 2.45) is 0 Å². The second kappa shape index (κ2) is 10.5. The topological polar surface area (TPSA) is 88.5 Å². The maximum absolute atomic E-state index is 12.5. The Hall–Kier alpha value is -1.33. The zero-order valence-corrected chi connectivity index (χ0v) is 15.1. The van der Waals surface area contributed by atoms with Gasteiger partial charge in [-0.25, -0.2) is 0 Å². The summed E-state index contributed by atoms with van der Waals surface area (Å²) in [7, 11) is 0. The molecule has 0 fully saturated rings. The summed E-state index contributed by atoms with van der Waals surface area (Å²) in [6, 6.07) is 0.317. The van der Waals surface area contributed by atoms with E-state index in [9.17, 15) is 26.7 Å². The van der Waals surface area contributed by atoms with Gasteiger partial charge in [0.2, 0.25) is 5.88 Å². The molecular weight excluding hydrogens is 443 g/mol. The molecule has 6 nitrogen and oxygen atoms in total. The number of ether oxygens (including phenoxy) is 1. The van der Waals surface area contributed by atoms with E-state index < -0.39 is 46.9 Å². The minimum atomic E-state index is -4.99. The molecule has 1 rings (SSSR count). The van der Waals surface area contributed by atoms with Crippen molar-refractivity contribution in [1.29, 1.82) is 0 Å². The predicted octanol–water partition coefficient (Wildman–Crippen LogP) is 3.03. The maximum atomic E-state index is 12.5. The summed E-state index contributed by atoms with van der Waals surface area (Å²) in [6.45, 7) is 1.92. The number of carboxylic acids is 1. The molecule has 0 aromatic carbocycles. The van der Waals surface area contributed by atoms with Crippen LogP contribution in [0.5, 0.6) is 5.88 Å². The van der Waals surface area contributed by atoms with Crippen molar-refractivity contribution in [3.05, 3.63) is 30.5 Å². The summed E-state index contributed by atoms with van der Waals surface area (Å²) in [6.07, 6.45) is -4.99. The zero-order chi connectivity index (χ0) is 18.4. The van der Waals surface area contributed by atoms with Gasteiger partial charge in [-0.1, -0.05) is 11.6 Å². The van der Waals surface area contributed by atoms with Gasteiger partial charge in [-0.05, 0) is 6.07 Å². The van der Waals surface area contributed by atoms with E-state index in [1.54, 1.807) is 0 Å². The second-order valence-electron chi connectivity index (χ2n) is 3.49. The van der Waals surface area contributed by atoms with Crippen LogP contribution in [-0.4, -0.2) is 28.6 Å². The van der Waals surface area contributed by atoms with E-state index in [1.807, 2.05) is 5.32 Å². The number of pyridine rings is 1. The molecule has 13 heteroatoms. The number of alkyl halides is 5. The van der Waals surface area contributed by atoms with Crippen LogP contribution in [0.2, 0.25) is 5.02 Å². The fourth-order valence-corrected chi connectivity index (χ4v) is 1.27. The fraction of sp³-hybridized carbons (Fsp3) is 0.182. The number of nitrogens with zero attached hydrogens (tertiary/aromatic N) is 1. The van der Waals surface area contributed by atoms with Crippen LogP contribution in [-0.2, 0) is 48.5 Å². The first-order chi connectivity index (χ1) is 10.3. The van der Waals surface area contributed by atoms with E-state index in [4.69, 9.17) is 21.5 Å². The summed E-state index contributed by atoms with van der Waals surface area (Å²) in [5.74, 6) is -3.97. The Balaban J connectivity index is 0. The number of aliphatic carboxylic acids is 1. The van der Waals surface area contributed by atoms with Crippen molar-refractivity contribution in [2.45, 2.75) is 12.8 Å². The van der Waals surface area contributed by atoms with Crippen molar-refractivity contribution in [3.63, 3.8) is 0 Å². The molecule has 0 atom stereocenters. The molecule has 0 unspecified atom stereocenters. The number of carbonyl (C=O) groups is 2. The second-order valence-corrected chi connectivity index (χ2v) is 3.90. The molecule has 0 saturated carbocycles. The van der Waals surface area contributed by atoms with Crippen LogP contribution >= 0.6 is 11.6 Å². The molecule has 24 heavy (non-hydrogen) atoms. The predicted molar refractivity (Wildman–Crippen MR) is 67.9 cm³/mol. The van der Waals surface area contributed by atoms with Crippen LogP contribution < -0.4 is 10.1 Å². The molecule has 0 aliphatic heterocycles. The number of hydrogen-bond acceptors (Lipinski definition) is 4. The monoisotopic (exact) mass is 451 g/mol. The van der Waals surface area contributed by atoms with E-state index >= 15 is 0 Å². The summed E-state index contributed by atoms with van der Waals surface area (Å²) in [5.41, 5.74) is -1.58. The number of hydrogen-bond donors (Lipinski definition) is 2.